The highest BCUT2D eigenvalue weighted by atomic mass is 79.9. The molecule has 0 atom stereocenters. The van der Waals surface area contributed by atoms with E-state index in [2.05, 4.69) is 25.8 Å². The van der Waals surface area contributed by atoms with Gasteiger partial charge < -0.3 is 4.42 Å². The first kappa shape index (κ1) is 17.7. The van der Waals surface area contributed by atoms with Gasteiger partial charge in [0.1, 0.15) is 4.21 Å². The van der Waals surface area contributed by atoms with Crippen LogP contribution in [-0.2, 0) is 16.6 Å². The molecule has 1 N–H and O–H groups in total. The molecule has 0 saturated heterocycles. The molecule has 138 valence electrons. The average molecular weight is 459 g/mol. The first-order valence-corrected chi connectivity index (χ1v) is 11.0. The Bertz CT molecular complexity index is 1080. The number of sulfonamides is 1. The summed E-state index contributed by atoms with van der Waals surface area (Å²) in [6.07, 6.45) is 3.39. The zero-order valence-corrected chi connectivity index (χ0v) is 16.7. The lowest BCUT2D eigenvalue weighted by molar-refractivity contribution is 0.547. The zero-order valence-electron chi connectivity index (χ0n) is 13.5. The van der Waals surface area contributed by atoms with E-state index in [4.69, 9.17) is 4.42 Å². The highest BCUT2D eigenvalue weighted by molar-refractivity contribution is 9.11. The standard InChI is InChI=1S/C15H15BrN4O4S2/c16-12-5-6-13(25-12)26(22,23)17-7-8-19-15(21)20(10-3-4-10)14(18-19)11-2-1-9-24-11/h1-2,5-6,9-10,17H,3-4,7-8H2. The molecule has 0 aromatic carbocycles. The molecule has 26 heavy (non-hydrogen) atoms. The minimum absolute atomic E-state index is 0.0665. The van der Waals surface area contributed by atoms with Crippen LogP contribution in [-0.4, -0.2) is 29.3 Å². The molecule has 0 unspecified atom stereocenters. The molecular weight excluding hydrogens is 444 g/mol. The number of rotatable bonds is 7. The second-order valence-electron chi connectivity index (χ2n) is 5.86. The smallest absolute Gasteiger partial charge is 0.346 e. The van der Waals surface area contributed by atoms with Crippen molar-refractivity contribution < 1.29 is 12.8 Å². The molecule has 0 bridgehead atoms. The quantitative estimate of drug-likeness (QED) is 0.585. The van der Waals surface area contributed by atoms with Crippen LogP contribution >= 0.6 is 27.3 Å². The minimum atomic E-state index is -3.60. The van der Waals surface area contributed by atoms with E-state index < -0.39 is 10.0 Å². The molecule has 1 aliphatic carbocycles. The van der Waals surface area contributed by atoms with Crippen molar-refractivity contribution >= 4 is 37.3 Å². The fourth-order valence-corrected chi connectivity index (χ4v) is 5.68. The van der Waals surface area contributed by atoms with Crippen LogP contribution in [0.4, 0.5) is 0 Å². The third-order valence-electron chi connectivity index (χ3n) is 3.95. The predicted octanol–water partition coefficient (Wildman–Crippen LogP) is 2.44. The number of hydrogen-bond donors (Lipinski definition) is 1. The summed E-state index contributed by atoms with van der Waals surface area (Å²) in [6, 6.07) is 6.83. The molecule has 1 fully saturated rings. The molecule has 3 aromatic rings. The molecule has 4 rings (SSSR count). The van der Waals surface area contributed by atoms with E-state index in [1.165, 1.54) is 17.0 Å². The summed E-state index contributed by atoms with van der Waals surface area (Å²) in [4.78, 5) is 12.6. The summed E-state index contributed by atoms with van der Waals surface area (Å²) in [7, 11) is -3.60. The Balaban J connectivity index is 1.52. The van der Waals surface area contributed by atoms with Crippen LogP contribution in [0.3, 0.4) is 0 Å². The van der Waals surface area contributed by atoms with Crippen molar-refractivity contribution in [3.63, 3.8) is 0 Å². The van der Waals surface area contributed by atoms with Gasteiger partial charge in [0, 0.05) is 12.6 Å². The Morgan fingerprint density at radius 1 is 1.35 bits per heavy atom. The monoisotopic (exact) mass is 458 g/mol. The molecule has 1 saturated carbocycles. The molecule has 0 aliphatic heterocycles. The molecule has 3 aromatic heterocycles. The van der Waals surface area contributed by atoms with Gasteiger partial charge in [0.25, 0.3) is 0 Å². The van der Waals surface area contributed by atoms with Crippen molar-refractivity contribution in [1.82, 2.24) is 19.1 Å². The number of furan rings is 1. The second-order valence-corrected chi connectivity index (χ2v) is 10.3. The second kappa shape index (κ2) is 6.80. The van der Waals surface area contributed by atoms with Crippen molar-refractivity contribution in [3.05, 3.63) is 44.8 Å². The topological polar surface area (TPSA) is 99.1 Å². The Morgan fingerprint density at radius 2 is 2.15 bits per heavy atom. The maximum absolute atomic E-state index is 12.6. The van der Waals surface area contributed by atoms with E-state index in [0.717, 1.165) is 28.0 Å². The maximum Gasteiger partial charge on any atom is 0.346 e. The molecule has 0 radical (unpaired) electrons. The highest BCUT2D eigenvalue weighted by Crippen LogP contribution is 2.36. The van der Waals surface area contributed by atoms with Gasteiger partial charge in [-0.15, -0.1) is 16.4 Å². The summed E-state index contributed by atoms with van der Waals surface area (Å²) in [5.74, 6) is 1.00. The maximum atomic E-state index is 12.6. The van der Waals surface area contributed by atoms with Gasteiger partial charge in [-0.1, -0.05) is 0 Å². The summed E-state index contributed by atoms with van der Waals surface area (Å²) < 4.78 is 36.2. The van der Waals surface area contributed by atoms with Crippen molar-refractivity contribution in [1.29, 1.82) is 0 Å². The molecular formula is C15H15BrN4O4S2. The number of nitrogens with one attached hydrogen (secondary N) is 1. The number of halogens is 1. The SMILES string of the molecule is O=c1n(CCNS(=O)(=O)c2ccc(Br)s2)nc(-c2ccco2)n1C1CC1. The van der Waals surface area contributed by atoms with Gasteiger partial charge in [0.05, 0.1) is 16.6 Å². The van der Waals surface area contributed by atoms with Crippen LogP contribution in [0.15, 0.2) is 47.7 Å². The summed E-state index contributed by atoms with van der Waals surface area (Å²) in [5.41, 5.74) is -0.253. The van der Waals surface area contributed by atoms with E-state index in [0.29, 0.717) is 11.6 Å². The number of aromatic nitrogens is 3. The van der Waals surface area contributed by atoms with Gasteiger partial charge in [0.2, 0.25) is 15.8 Å². The van der Waals surface area contributed by atoms with E-state index in [1.807, 2.05) is 0 Å². The van der Waals surface area contributed by atoms with Gasteiger partial charge in [-0.25, -0.2) is 22.6 Å². The highest BCUT2D eigenvalue weighted by Gasteiger charge is 2.31. The lowest BCUT2D eigenvalue weighted by Gasteiger charge is -2.04. The Labute approximate surface area is 161 Å². The van der Waals surface area contributed by atoms with Crippen LogP contribution in [0, 0.1) is 0 Å². The molecule has 8 nitrogen and oxygen atoms in total. The van der Waals surface area contributed by atoms with E-state index >= 15 is 0 Å². The predicted molar refractivity (Wildman–Crippen MR) is 99.7 cm³/mol. The summed E-state index contributed by atoms with van der Waals surface area (Å²) in [5, 5.41) is 4.34. The Morgan fingerprint density at radius 3 is 2.77 bits per heavy atom. The first-order chi connectivity index (χ1) is 12.5. The number of nitrogens with zero attached hydrogens (tertiary/aromatic N) is 3. The molecule has 11 heteroatoms. The van der Waals surface area contributed by atoms with Gasteiger partial charge in [-0.05, 0) is 53.0 Å². The van der Waals surface area contributed by atoms with Crippen molar-refractivity contribution in [2.75, 3.05) is 6.54 Å². The minimum Gasteiger partial charge on any atom is -0.461 e. The summed E-state index contributed by atoms with van der Waals surface area (Å²) in [6.45, 7) is 0.203. The zero-order chi connectivity index (χ0) is 18.3. The van der Waals surface area contributed by atoms with Crippen LogP contribution < -0.4 is 10.4 Å². The molecule has 1 aliphatic rings. The van der Waals surface area contributed by atoms with Crippen molar-refractivity contribution in [2.24, 2.45) is 0 Å². The lowest BCUT2D eigenvalue weighted by Crippen LogP contribution is -2.31. The van der Waals surface area contributed by atoms with Crippen LogP contribution in [0.5, 0.6) is 0 Å². The third-order valence-corrected chi connectivity index (χ3v) is 7.53. The van der Waals surface area contributed by atoms with Gasteiger partial charge in [-0.3, -0.25) is 4.57 Å². The molecule has 3 heterocycles. The van der Waals surface area contributed by atoms with E-state index in [9.17, 15) is 13.2 Å². The van der Waals surface area contributed by atoms with Crippen molar-refractivity contribution in [2.45, 2.75) is 29.6 Å². The first-order valence-electron chi connectivity index (χ1n) is 7.94. The Kier molecular flexibility index (Phi) is 4.63. The lowest BCUT2D eigenvalue weighted by atomic mass is 10.4. The van der Waals surface area contributed by atoms with Crippen LogP contribution in [0.2, 0.25) is 0 Å². The molecule has 0 amide bonds. The van der Waals surface area contributed by atoms with E-state index in [1.54, 1.807) is 22.8 Å². The van der Waals surface area contributed by atoms with Gasteiger partial charge in [0.15, 0.2) is 5.76 Å². The van der Waals surface area contributed by atoms with Crippen LogP contribution in [0.25, 0.3) is 11.6 Å². The number of thiophene rings is 1. The largest absolute Gasteiger partial charge is 0.461 e. The van der Waals surface area contributed by atoms with E-state index in [-0.39, 0.29) is 29.0 Å². The fraction of sp³-hybridized carbons (Fsp3) is 0.333. The van der Waals surface area contributed by atoms with Gasteiger partial charge >= 0.3 is 5.69 Å². The normalized spacial score (nSPS) is 14.8. The third kappa shape index (κ3) is 3.43. The molecule has 0 spiro atoms. The Hall–Kier alpha value is -1.69. The van der Waals surface area contributed by atoms with Gasteiger partial charge in [-0.2, -0.15) is 0 Å². The fourth-order valence-electron chi connectivity index (χ4n) is 2.60. The van der Waals surface area contributed by atoms with Crippen LogP contribution in [0.1, 0.15) is 18.9 Å². The number of hydrogen-bond acceptors (Lipinski definition) is 6. The van der Waals surface area contributed by atoms with Crippen molar-refractivity contribution in [3.8, 4) is 11.6 Å². The summed E-state index contributed by atoms with van der Waals surface area (Å²) >= 11 is 4.37. The average Bonchev–Trinajstić information content (AvgIpc) is 3.00.